The zero-order valence-electron chi connectivity index (χ0n) is 58.8. The number of carbonyl (C=O) groups excluding carboxylic acids is 7. The van der Waals surface area contributed by atoms with Crippen LogP contribution in [0.5, 0.6) is 11.5 Å². The Morgan fingerprint density at radius 2 is 0.736 bits per heavy atom. The van der Waals surface area contributed by atoms with Crippen molar-refractivity contribution >= 4 is 57.3 Å². The summed E-state index contributed by atoms with van der Waals surface area (Å²) in [6.45, 7) is 7.31. The first-order valence-corrected chi connectivity index (χ1v) is 35.5. The molecule has 0 aliphatic carbocycles. The quantitative estimate of drug-likeness (QED) is 0.00979. The van der Waals surface area contributed by atoms with E-state index >= 15 is 0 Å². The second kappa shape index (κ2) is 47.3. The van der Waals surface area contributed by atoms with Crippen LogP contribution in [0, 0.1) is 6.92 Å². The number of carbonyl (C=O) groups is 8. The average molecular weight is 1490 g/mol. The lowest BCUT2D eigenvalue weighted by molar-refractivity contribution is -0.149. The van der Waals surface area contributed by atoms with Crippen LogP contribution in [0.2, 0.25) is 0 Å². The lowest BCUT2D eigenvalue weighted by atomic mass is 10.1. The van der Waals surface area contributed by atoms with Crippen LogP contribution in [-0.4, -0.2) is 216 Å². The topological polar surface area (TPSA) is 388 Å². The third-order valence-corrected chi connectivity index (χ3v) is 17.7. The molecular formula is C77H90N4O24S. The maximum atomic E-state index is 13.2. The predicted octanol–water partition coefficient (Wildman–Crippen LogP) is 6.90. The molecule has 7 N–H and O–H groups in total. The number of fused-ring (bicyclic) bond motifs is 2. The van der Waals surface area contributed by atoms with Crippen molar-refractivity contribution in [2.45, 2.75) is 62.0 Å². The van der Waals surface area contributed by atoms with Gasteiger partial charge < -0.3 is 73.2 Å². The number of amides is 5. The van der Waals surface area contributed by atoms with Crippen molar-refractivity contribution in [1.82, 2.24) is 15.1 Å². The van der Waals surface area contributed by atoms with E-state index in [0.717, 1.165) is 22.3 Å². The zero-order chi connectivity index (χ0) is 76.3. The van der Waals surface area contributed by atoms with E-state index in [-0.39, 0.29) is 131 Å². The first-order chi connectivity index (χ1) is 51.4. The van der Waals surface area contributed by atoms with Gasteiger partial charge >= 0.3 is 17.9 Å². The smallest absolute Gasteiger partial charge is 0.329 e. The van der Waals surface area contributed by atoms with Crippen molar-refractivity contribution in [1.29, 1.82) is 0 Å². The first-order valence-electron chi connectivity index (χ1n) is 34.0. The number of phenolic OH excluding ortho intramolecular Hbond substituents is 2. The minimum absolute atomic E-state index is 0.00479. The fourth-order valence-corrected chi connectivity index (χ4v) is 11.7. The Hall–Kier alpha value is -10.1. The molecular weight excluding hydrogens is 1400 g/mol. The van der Waals surface area contributed by atoms with Gasteiger partial charge in [-0.2, -0.15) is 0 Å². The number of benzene rings is 7. The molecule has 568 valence electrons. The van der Waals surface area contributed by atoms with Gasteiger partial charge in [0.25, 0.3) is 23.6 Å². The van der Waals surface area contributed by atoms with Gasteiger partial charge in [-0.1, -0.05) is 127 Å². The minimum Gasteiger partial charge on any atom is -0.508 e. The molecule has 9 rings (SSSR count). The third-order valence-electron chi connectivity index (χ3n) is 15.6. The number of carboxylic acids is 1. The fraction of sp³-hybridized carbons (Fsp3) is 0.351. The van der Waals surface area contributed by atoms with Crippen LogP contribution >= 0.6 is 0 Å². The van der Waals surface area contributed by atoms with Crippen molar-refractivity contribution in [3.63, 3.8) is 0 Å². The van der Waals surface area contributed by atoms with E-state index in [2.05, 4.69) is 11.2 Å². The number of ether oxygens (including phenoxy) is 10. The fourth-order valence-electron chi connectivity index (χ4n) is 10.1. The van der Waals surface area contributed by atoms with Gasteiger partial charge in [0.2, 0.25) is 5.91 Å². The Morgan fingerprint density at radius 3 is 1.11 bits per heavy atom. The van der Waals surface area contributed by atoms with Crippen LogP contribution < -0.4 is 11.2 Å². The Morgan fingerprint density at radius 1 is 0.406 bits per heavy atom. The molecule has 28 nitrogen and oxygen atoms in total. The number of aromatic hydroxyl groups is 2. The summed E-state index contributed by atoms with van der Waals surface area (Å²) in [5, 5.41) is 35.3. The van der Waals surface area contributed by atoms with E-state index < -0.39 is 39.0 Å². The summed E-state index contributed by atoms with van der Waals surface area (Å²) in [4.78, 5) is 100.0. The summed E-state index contributed by atoms with van der Waals surface area (Å²) in [5.74, 6) is -0.110. The predicted molar refractivity (Wildman–Crippen MR) is 383 cm³/mol. The highest BCUT2D eigenvalue weighted by molar-refractivity contribution is 7.92. The number of imide groups is 2. The lowest BCUT2D eigenvalue weighted by Crippen LogP contribution is -2.43. The van der Waals surface area contributed by atoms with Crippen molar-refractivity contribution in [3.8, 4) is 11.5 Å². The van der Waals surface area contributed by atoms with Crippen molar-refractivity contribution in [2.24, 2.45) is 5.90 Å². The second-order valence-corrected chi connectivity index (χ2v) is 25.4. The number of nitrogens with zero attached hydrogens (tertiary/aromatic N) is 2. The van der Waals surface area contributed by atoms with Crippen LogP contribution in [0.3, 0.4) is 0 Å². The van der Waals surface area contributed by atoms with Crippen molar-refractivity contribution in [3.05, 3.63) is 232 Å². The maximum absolute atomic E-state index is 13.2. The molecule has 0 radical (unpaired) electrons. The highest BCUT2D eigenvalue weighted by Crippen LogP contribution is 2.26. The van der Waals surface area contributed by atoms with Gasteiger partial charge in [-0.05, 0) is 89.8 Å². The second-order valence-electron chi connectivity index (χ2n) is 23.3. The first kappa shape index (κ1) is 84.8. The highest BCUT2D eigenvalue weighted by atomic mass is 32.2. The largest absolute Gasteiger partial charge is 0.508 e. The molecule has 0 saturated heterocycles. The molecule has 106 heavy (non-hydrogen) atoms. The van der Waals surface area contributed by atoms with Crippen LogP contribution in [-0.2, 0) is 102 Å². The van der Waals surface area contributed by atoms with Crippen molar-refractivity contribution < 1.29 is 115 Å². The summed E-state index contributed by atoms with van der Waals surface area (Å²) < 4.78 is 80.2. The number of aryl methyl sites for hydroxylation is 1. The van der Waals surface area contributed by atoms with Crippen LogP contribution in [0.1, 0.15) is 82.1 Å². The molecule has 2 heterocycles. The number of aliphatic carboxylic acids is 1. The number of sulfone groups is 1. The normalized spacial score (nSPS) is 12.7. The molecule has 2 aliphatic heterocycles. The van der Waals surface area contributed by atoms with Gasteiger partial charge in [0, 0.05) is 19.3 Å². The van der Waals surface area contributed by atoms with E-state index in [0.29, 0.717) is 100 Å². The van der Waals surface area contributed by atoms with E-state index in [9.17, 15) is 57.0 Å². The number of nitrogens with two attached hydrogens (primary N) is 1. The molecule has 29 heteroatoms. The monoisotopic (exact) mass is 1490 g/mol. The minimum atomic E-state index is -3.97. The van der Waals surface area contributed by atoms with Gasteiger partial charge in [0.15, 0.2) is 15.1 Å². The maximum Gasteiger partial charge on any atom is 0.329 e. The number of hydrogen-bond acceptors (Lipinski definition) is 24. The highest BCUT2D eigenvalue weighted by Gasteiger charge is 2.38. The summed E-state index contributed by atoms with van der Waals surface area (Å²) in [6.07, 6.45) is 0.187. The van der Waals surface area contributed by atoms with Crippen LogP contribution in [0.15, 0.2) is 187 Å². The SMILES string of the molecule is Cc1ccc(S(=O)(=O)[C@@H](Cc2ccc(O)cc2)C(=O)OCc2ccccc2)cc1.NO.O=C(CCOCCOCCOCCOCCN1C(=O)c2ccccc2C1=O)N[C@@H](Cc1ccc(O)cc1)C(=O)OCc1ccccc1.O=C(O)CCOCCOCCOCCOCCN1C(=O)c2ccccc2C1=O. The number of esters is 2. The third kappa shape index (κ3) is 29.4. The number of hydrogen-bond donors (Lipinski definition) is 6. The molecule has 0 bridgehead atoms. The van der Waals surface area contributed by atoms with E-state index in [1.54, 1.807) is 97.1 Å². The Kier molecular flexibility index (Phi) is 37.9. The summed E-state index contributed by atoms with van der Waals surface area (Å²) in [5.41, 5.74) is 5.61. The van der Waals surface area contributed by atoms with Crippen LogP contribution in [0.25, 0.3) is 0 Å². The molecule has 0 unspecified atom stereocenters. The zero-order valence-corrected chi connectivity index (χ0v) is 59.6. The molecule has 0 spiro atoms. The van der Waals surface area contributed by atoms with Crippen LogP contribution in [0.4, 0.5) is 0 Å². The van der Waals surface area contributed by atoms with Gasteiger partial charge in [-0.15, -0.1) is 0 Å². The van der Waals surface area contributed by atoms with E-state index in [4.69, 9.17) is 57.7 Å². The van der Waals surface area contributed by atoms with Gasteiger partial charge in [0.1, 0.15) is 30.8 Å². The summed E-state index contributed by atoms with van der Waals surface area (Å²) in [6, 6.07) is 49.9. The number of rotatable bonds is 43. The lowest BCUT2D eigenvalue weighted by Gasteiger charge is -2.18. The molecule has 7 aromatic rings. The van der Waals surface area contributed by atoms with Crippen molar-refractivity contribution in [2.75, 3.05) is 119 Å². The number of nitrogens with one attached hydrogen (secondary N) is 1. The average Bonchev–Trinajstić information content (AvgIpc) is 1.46. The molecule has 2 atom stereocenters. The van der Waals surface area contributed by atoms with Gasteiger partial charge in [-0.25, -0.2) is 19.1 Å². The Labute approximate surface area is 614 Å². The Balaban J connectivity index is 0.000000259. The molecule has 0 fully saturated rings. The molecule has 0 aromatic heterocycles. The molecule has 5 amide bonds. The summed E-state index contributed by atoms with van der Waals surface area (Å²) >= 11 is 0. The summed E-state index contributed by atoms with van der Waals surface area (Å²) in [7, 11) is -3.97. The molecule has 0 saturated carbocycles. The van der Waals surface area contributed by atoms with Gasteiger partial charge in [0.05, 0.1) is 152 Å². The Bertz CT molecular complexity index is 3900. The molecule has 7 aromatic carbocycles. The number of phenols is 2. The van der Waals surface area contributed by atoms with Gasteiger partial charge in [-0.3, -0.25) is 43.4 Å². The van der Waals surface area contributed by atoms with E-state index in [1.807, 2.05) is 55.5 Å². The van der Waals surface area contributed by atoms with E-state index in [1.165, 1.54) is 46.2 Å². The number of carboxylic acid groups (broad SMARTS) is 1. The molecule has 2 aliphatic rings. The standard InChI is InChI=1S/C35H40N2O10.C23H22O5S.C19H25NO8.H3NO/c38-28-12-10-26(11-13-28)24-31(35(42)47-25-27-6-2-1-3-7-27)36-32(39)14-16-43-18-20-45-22-23-46-21-19-44-17-15-37-33(40)29-8-4-5-9-30(29)34(37)41;1-17-7-13-21(14-8-17)29(26,27)22(15-18-9-11-20(24)12-10-18)23(25)28-16-19-5-3-2-4-6-19;21-17(22)5-7-25-9-11-27-13-14-28-12-10-26-8-6-20-18(23)15-3-1-2-4-16(15)19(20)24;1-2/h1-13,31,38H,14-25H2,(H,36,39);2-14,22,24H,15-16H2,1H3;1-4H,5-14H2,(H,21,22);2H,1H2/t31-;22-;;/m00../s1.